The molecule has 1 amide bonds. The number of halogens is 1. The Morgan fingerprint density at radius 2 is 2.24 bits per heavy atom. The second kappa shape index (κ2) is 6.00. The number of primary amides is 1. The molecular weight excluding hydrogens is 286 g/mol. The van der Waals surface area contributed by atoms with Gasteiger partial charge in [-0.25, -0.2) is 0 Å². The van der Waals surface area contributed by atoms with E-state index in [-0.39, 0.29) is 11.9 Å². The summed E-state index contributed by atoms with van der Waals surface area (Å²) in [7, 11) is 0. The number of hydrogen-bond acceptors (Lipinski definition) is 3. The molecule has 2 aromatic rings. The first-order valence-electron chi connectivity index (χ1n) is 7.22. The van der Waals surface area contributed by atoms with Crippen molar-refractivity contribution in [3.05, 3.63) is 41.0 Å². The van der Waals surface area contributed by atoms with Gasteiger partial charge in [0.2, 0.25) is 5.91 Å². The van der Waals surface area contributed by atoms with Crippen molar-refractivity contribution >= 4 is 28.4 Å². The van der Waals surface area contributed by atoms with E-state index >= 15 is 0 Å². The second-order valence-corrected chi connectivity index (χ2v) is 5.90. The molecule has 1 aliphatic rings. The summed E-state index contributed by atoms with van der Waals surface area (Å²) < 4.78 is 0. The van der Waals surface area contributed by atoms with Crippen LogP contribution in [0.5, 0.6) is 0 Å². The summed E-state index contributed by atoms with van der Waals surface area (Å²) in [5.74, 6) is -0.235. The van der Waals surface area contributed by atoms with Crippen LogP contribution in [0.2, 0.25) is 5.02 Å². The predicted molar refractivity (Wildman–Crippen MR) is 84.0 cm³/mol. The van der Waals surface area contributed by atoms with Crippen LogP contribution in [-0.4, -0.2) is 28.4 Å². The van der Waals surface area contributed by atoms with Gasteiger partial charge in [0.15, 0.2) is 0 Å². The van der Waals surface area contributed by atoms with Crippen molar-refractivity contribution in [2.75, 3.05) is 6.54 Å². The lowest BCUT2D eigenvalue weighted by Gasteiger charge is -2.33. The van der Waals surface area contributed by atoms with Crippen molar-refractivity contribution in [2.45, 2.75) is 31.8 Å². The van der Waals surface area contributed by atoms with Crippen molar-refractivity contribution in [3.8, 4) is 0 Å². The minimum atomic E-state index is -0.235. The predicted octanol–water partition coefficient (Wildman–Crippen LogP) is 2.73. The molecule has 0 saturated carbocycles. The quantitative estimate of drug-likeness (QED) is 0.948. The Hall–Kier alpha value is -1.65. The van der Waals surface area contributed by atoms with E-state index in [9.17, 15) is 4.79 Å². The SMILES string of the molecule is NC(=O)C1CCCCN1Cc1ccc(Cl)c2cccnc12. The topological polar surface area (TPSA) is 59.2 Å². The van der Waals surface area contributed by atoms with E-state index in [1.54, 1.807) is 6.20 Å². The van der Waals surface area contributed by atoms with E-state index in [4.69, 9.17) is 17.3 Å². The van der Waals surface area contributed by atoms with Gasteiger partial charge >= 0.3 is 0 Å². The Bertz CT molecular complexity index is 674. The molecule has 2 heterocycles. The van der Waals surface area contributed by atoms with Crippen molar-refractivity contribution in [1.29, 1.82) is 0 Å². The van der Waals surface area contributed by atoms with Crippen molar-refractivity contribution < 1.29 is 4.79 Å². The third kappa shape index (κ3) is 2.87. The number of piperidine rings is 1. The zero-order valence-corrected chi connectivity index (χ0v) is 12.5. The first-order chi connectivity index (χ1) is 10.2. The van der Waals surface area contributed by atoms with Gasteiger partial charge in [-0.2, -0.15) is 0 Å². The summed E-state index contributed by atoms with van der Waals surface area (Å²) in [4.78, 5) is 18.2. The van der Waals surface area contributed by atoms with Crippen LogP contribution in [0.3, 0.4) is 0 Å². The maximum Gasteiger partial charge on any atom is 0.234 e. The van der Waals surface area contributed by atoms with Crippen molar-refractivity contribution in [1.82, 2.24) is 9.88 Å². The number of benzene rings is 1. The molecule has 4 nitrogen and oxygen atoms in total. The zero-order chi connectivity index (χ0) is 14.8. The monoisotopic (exact) mass is 303 g/mol. The maximum atomic E-state index is 11.6. The number of pyridine rings is 1. The summed E-state index contributed by atoms with van der Waals surface area (Å²) >= 11 is 6.22. The van der Waals surface area contributed by atoms with Crippen LogP contribution in [0, 0.1) is 0 Å². The van der Waals surface area contributed by atoms with Gasteiger partial charge in [0.25, 0.3) is 0 Å². The normalized spacial score (nSPS) is 19.8. The Balaban J connectivity index is 1.94. The molecule has 3 rings (SSSR count). The van der Waals surface area contributed by atoms with Crippen LogP contribution in [0.1, 0.15) is 24.8 Å². The van der Waals surface area contributed by atoms with Gasteiger partial charge < -0.3 is 5.73 Å². The number of carbonyl (C=O) groups is 1. The fourth-order valence-electron chi connectivity index (χ4n) is 3.05. The van der Waals surface area contributed by atoms with Gasteiger partial charge in [0, 0.05) is 23.2 Å². The van der Waals surface area contributed by atoms with Gasteiger partial charge in [-0.1, -0.05) is 24.1 Å². The maximum absolute atomic E-state index is 11.6. The number of hydrogen-bond donors (Lipinski definition) is 1. The number of rotatable bonds is 3. The molecule has 21 heavy (non-hydrogen) atoms. The van der Waals surface area contributed by atoms with E-state index in [1.807, 2.05) is 24.3 Å². The number of nitrogens with two attached hydrogens (primary N) is 1. The molecule has 2 N–H and O–H groups in total. The molecule has 0 spiro atoms. The summed E-state index contributed by atoms with van der Waals surface area (Å²) in [6, 6.07) is 7.56. The van der Waals surface area contributed by atoms with Crippen LogP contribution in [0.25, 0.3) is 10.9 Å². The first kappa shape index (κ1) is 14.3. The molecule has 1 aliphatic heterocycles. The van der Waals surface area contributed by atoms with Crippen LogP contribution in [0.4, 0.5) is 0 Å². The smallest absolute Gasteiger partial charge is 0.234 e. The van der Waals surface area contributed by atoms with E-state index in [1.165, 1.54) is 0 Å². The molecule has 1 aromatic heterocycles. The molecule has 1 aromatic carbocycles. The Morgan fingerprint density at radius 1 is 1.38 bits per heavy atom. The number of fused-ring (bicyclic) bond motifs is 1. The molecule has 5 heteroatoms. The zero-order valence-electron chi connectivity index (χ0n) is 11.8. The molecule has 1 unspecified atom stereocenters. The second-order valence-electron chi connectivity index (χ2n) is 5.49. The number of amides is 1. The van der Waals surface area contributed by atoms with Gasteiger partial charge in [-0.3, -0.25) is 14.7 Å². The molecule has 0 radical (unpaired) electrons. The van der Waals surface area contributed by atoms with Crippen LogP contribution in [0.15, 0.2) is 30.5 Å². The summed E-state index contributed by atoms with van der Waals surface area (Å²) in [6.45, 7) is 1.57. The molecule has 1 saturated heterocycles. The fourth-order valence-corrected chi connectivity index (χ4v) is 3.26. The van der Waals surface area contributed by atoms with Gasteiger partial charge in [0.1, 0.15) is 0 Å². The largest absolute Gasteiger partial charge is 0.368 e. The number of carbonyl (C=O) groups excluding carboxylic acids is 1. The van der Waals surface area contributed by atoms with Crippen LogP contribution >= 0.6 is 11.6 Å². The van der Waals surface area contributed by atoms with Crippen LogP contribution in [-0.2, 0) is 11.3 Å². The third-order valence-electron chi connectivity index (χ3n) is 4.12. The molecular formula is C16H18ClN3O. The van der Waals surface area contributed by atoms with E-state index in [0.29, 0.717) is 11.6 Å². The number of likely N-dealkylation sites (tertiary alicyclic amines) is 1. The van der Waals surface area contributed by atoms with E-state index in [2.05, 4.69) is 9.88 Å². The van der Waals surface area contributed by atoms with Gasteiger partial charge in [-0.15, -0.1) is 0 Å². The summed E-state index contributed by atoms with van der Waals surface area (Å²) in [5, 5.41) is 1.65. The highest BCUT2D eigenvalue weighted by Crippen LogP contribution is 2.27. The fraction of sp³-hybridized carbons (Fsp3) is 0.375. The van der Waals surface area contributed by atoms with Gasteiger partial charge in [-0.05, 0) is 43.1 Å². The highest BCUT2D eigenvalue weighted by Gasteiger charge is 2.27. The minimum Gasteiger partial charge on any atom is -0.368 e. The van der Waals surface area contributed by atoms with Crippen molar-refractivity contribution in [3.63, 3.8) is 0 Å². The Kier molecular flexibility index (Phi) is 4.08. The average molecular weight is 304 g/mol. The highest BCUT2D eigenvalue weighted by atomic mass is 35.5. The van der Waals surface area contributed by atoms with Gasteiger partial charge in [0.05, 0.1) is 11.6 Å². The Morgan fingerprint density at radius 3 is 3.05 bits per heavy atom. The van der Waals surface area contributed by atoms with E-state index < -0.39 is 0 Å². The molecule has 1 fully saturated rings. The number of aromatic nitrogens is 1. The van der Waals surface area contributed by atoms with Crippen molar-refractivity contribution in [2.24, 2.45) is 5.73 Å². The third-order valence-corrected chi connectivity index (χ3v) is 4.45. The Labute approximate surface area is 128 Å². The molecule has 0 aliphatic carbocycles. The summed E-state index contributed by atoms with van der Waals surface area (Å²) in [5.41, 5.74) is 7.52. The number of nitrogens with zero attached hydrogens (tertiary/aromatic N) is 2. The van der Waals surface area contributed by atoms with Crippen LogP contribution < -0.4 is 5.73 Å². The molecule has 1 atom stereocenters. The lowest BCUT2D eigenvalue weighted by Crippen LogP contribution is -2.47. The lowest BCUT2D eigenvalue weighted by atomic mass is 10.00. The standard InChI is InChI=1S/C16H18ClN3O/c17-13-7-6-11(15-12(13)4-3-8-19-15)10-20-9-2-1-5-14(20)16(18)21/h3-4,6-8,14H,1-2,5,9-10H2,(H2,18,21). The summed E-state index contributed by atoms with van der Waals surface area (Å²) in [6.07, 6.45) is 4.77. The van der Waals surface area contributed by atoms with E-state index in [0.717, 1.165) is 42.3 Å². The average Bonchev–Trinajstić information content (AvgIpc) is 2.51. The lowest BCUT2D eigenvalue weighted by molar-refractivity contribution is -0.124. The highest BCUT2D eigenvalue weighted by molar-refractivity contribution is 6.35. The molecule has 0 bridgehead atoms. The minimum absolute atomic E-state index is 0.173. The first-order valence-corrected chi connectivity index (χ1v) is 7.60. The molecule has 110 valence electrons.